The van der Waals surface area contributed by atoms with Gasteiger partial charge in [0.25, 0.3) is 5.91 Å². The summed E-state index contributed by atoms with van der Waals surface area (Å²) < 4.78 is 13.2. The van der Waals surface area contributed by atoms with Gasteiger partial charge >= 0.3 is 0 Å². The molecule has 0 aliphatic carbocycles. The zero-order valence-corrected chi connectivity index (χ0v) is 17.1. The van der Waals surface area contributed by atoms with E-state index in [4.69, 9.17) is 20.8 Å². The quantitative estimate of drug-likeness (QED) is 0.438. The number of aryl methyl sites for hydroxylation is 1. The van der Waals surface area contributed by atoms with Crippen LogP contribution in [0.3, 0.4) is 0 Å². The Bertz CT molecular complexity index is 1150. The van der Waals surface area contributed by atoms with E-state index < -0.39 is 0 Å². The van der Waals surface area contributed by atoms with Crippen molar-refractivity contribution < 1.29 is 13.9 Å². The van der Waals surface area contributed by atoms with Crippen LogP contribution in [0.5, 0.6) is 5.75 Å². The number of anilines is 1. The smallest absolute Gasteiger partial charge is 0.291 e. The summed E-state index contributed by atoms with van der Waals surface area (Å²) in [7, 11) is 0. The number of hydrogen-bond acceptors (Lipinski definition) is 4. The topological polar surface area (TPSA) is 69.3 Å². The number of benzene rings is 2. The number of nitrogens with one attached hydrogen (secondary N) is 1. The third-order valence-electron chi connectivity index (χ3n) is 4.48. The van der Waals surface area contributed by atoms with Gasteiger partial charge in [-0.2, -0.15) is 5.10 Å². The average Bonchev–Trinajstić information content (AvgIpc) is 3.41. The molecule has 4 aromatic rings. The van der Waals surface area contributed by atoms with Crippen molar-refractivity contribution in [2.24, 2.45) is 0 Å². The SMILES string of the molecule is Cc1cc(OCc2ccc(C(=O)Nc3cccc(Cn4cccn4)c3)o2)ccc1Cl. The molecule has 0 spiro atoms. The molecule has 0 atom stereocenters. The lowest BCUT2D eigenvalue weighted by Gasteiger charge is -2.07. The first-order valence-corrected chi connectivity index (χ1v) is 9.80. The van der Waals surface area contributed by atoms with E-state index in [1.54, 1.807) is 30.5 Å². The number of rotatable bonds is 7. The molecule has 152 valence electrons. The Morgan fingerprint density at radius 2 is 2.07 bits per heavy atom. The molecule has 0 fully saturated rings. The highest BCUT2D eigenvalue weighted by Gasteiger charge is 2.12. The van der Waals surface area contributed by atoms with Crippen molar-refractivity contribution in [2.45, 2.75) is 20.1 Å². The van der Waals surface area contributed by atoms with E-state index in [-0.39, 0.29) is 18.3 Å². The summed E-state index contributed by atoms with van der Waals surface area (Å²) >= 11 is 6.02. The molecule has 1 amide bonds. The first-order valence-electron chi connectivity index (χ1n) is 9.42. The number of aromatic nitrogens is 2. The predicted molar refractivity (Wildman–Crippen MR) is 115 cm³/mol. The van der Waals surface area contributed by atoms with Crippen LogP contribution in [0.4, 0.5) is 5.69 Å². The minimum atomic E-state index is -0.320. The van der Waals surface area contributed by atoms with Gasteiger partial charge in [-0.15, -0.1) is 0 Å². The number of amides is 1. The second-order valence-electron chi connectivity index (χ2n) is 6.82. The first kappa shape index (κ1) is 19.8. The monoisotopic (exact) mass is 421 g/mol. The fraction of sp³-hybridized carbons (Fsp3) is 0.130. The summed E-state index contributed by atoms with van der Waals surface area (Å²) in [4.78, 5) is 12.5. The van der Waals surface area contributed by atoms with Crippen molar-refractivity contribution in [2.75, 3.05) is 5.32 Å². The van der Waals surface area contributed by atoms with Gasteiger partial charge in [0.15, 0.2) is 5.76 Å². The molecule has 6 nitrogen and oxygen atoms in total. The average molecular weight is 422 g/mol. The van der Waals surface area contributed by atoms with Crippen LogP contribution < -0.4 is 10.1 Å². The maximum Gasteiger partial charge on any atom is 0.291 e. The highest BCUT2D eigenvalue weighted by Crippen LogP contribution is 2.22. The Morgan fingerprint density at radius 3 is 2.87 bits per heavy atom. The van der Waals surface area contributed by atoms with Gasteiger partial charge in [0.05, 0.1) is 6.54 Å². The highest BCUT2D eigenvalue weighted by molar-refractivity contribution is 6.31. The lowest BCUT2D eigenvalue weighted by molar-refractivity contribution is 0.0992. The normalized spacial score (nSPS) is 10.7. The number of hydrogen-bond donors (Lipinski definition) is 1. The zero-order valence-electron chi connectivity index (χ0n) is 16.3. The van der Waals surface area contributed by atoms with Crippen LogP contribution in [-0.2, 0) is 13.2 Å². The van der Waals surface area contributed by atoms with Crippen molar-refractivity contribution >= 4 is 23.2 Å². The lowest BCUT2D eigenvalue weighted by atomic mass is 10.2. The molecule has 0 radical (unpaired) electrons. The predicted octanol–water partition coefficient (Wildman–Crippen LogP) is 5.32. The molecule has 0 bridgehead atoms. The number of nitrogens with zero attached hydrogens (tertiary/aromatic N) is 2. The van der Waals surface area contributed by atoms with E-state index in [1.807, 2.05) is 54.2 Å². The molecular formula is C23H20ClN3O3. The second-order valence-corrected chi connectivity index (χ2v) is 7.23. The van der Waals surface area contributed by atoms with E-state index in [0.29, 0.717) is 28.8 Å². The van der Waals surface area contributed by atoms with Crippen LogP contribution >= 0.6 is 11.6 Å². The Hall–Kier alpha value is -3.51. The molecule has 2 aromatic carbocycles. The fourth-order valence-electron chi connectivity index (χ4n) is 2.96. The number of halogens is 1. The van der Waals surface area contributed by atoms with E-state index >= 15 is 0 Å². The molecule has 2 heterocycles. The molecule has 0 saturated carbocycles. The van der Waals surface area contributed by atoms with E-state index in [2.05, 4.69) is 10.4 Å². The van der Waals surface area contributed by atoms with Crippen LogP contribution in [0.2, 0.25) is 5.02 Å². The summed E-state index contributed by atoms with van der Waals surface area (Å²) in [5.74, 6) is 1.15. The van der Waals surface area contributed by atoms with Gasteiger partial charge < -0.3 is 14.5 Å². The molecule has 2 aromatic heterocycles. The van der Waals surface area contributed by atoms with Gasteiger partial charge in [0, 0.05) is 23.1 Å². The van der Waals surface area contributed by atoms with Gasteiger partial charge in [0.1, 0.15) is 18.1 Å². The summed E-state index contributed by atoms with van der Waals surface area (Å²) in [6.45, 7) is 2.76. The van der Waals surface area contributed by atoms with Crippen LogP contribution in [0.15, 0.2) is 77.5 Å². The Balaban J connectivity index is 1.36. The lowest BCUT2D eigenvalue weighted by Crippen LogP contribution is -2.11. The Kier molecular flexibility index (Phi) is 5.86. The maximum atomic E-state index is 12.5. The minimum Gasteiger partial charge on any atom is -0.486 e. The maximum absolute atomic E-state index is 12.5. The molecule has 30 heavy (non-hydrogen) atoms. The summed E-state index contributed by atoms with van der Waals surface area (Å²) in [5, 5.41) is 7.75. The number of carbonyl (C=O) groups is 1. The van der Waals surface area contributed by atoms with Crippen LogP contribution in [0, 0.1) is 6.92 Å². The second kappa shape index (κ2) is 8.88. The first-order chi connectivity index (χ1) is 14.6. The summed E-state index contributed by atoms with van der Waals surface area (Å²) in [6.07, 6.45) is 3.63. The molecule has 0 saturated heterocycles. The molecule has 0 unspecified atom stereocenters. The minimum absolute atomic E-state index is 0.216. The van der Waals surface area contributed by atoms with Crippen LogP contribution in [-0.4, -0.2) is 15.7 Å². The number of furan rings is 1. The van der Waals surface area contributed by atoms with Crippen molar-refractivity contribution in [3.63, 3.8) is 0 Å². The number of ether oxygens (including phenoxy) is 1. The largest absolute Gasteiger partial charge is 0.486 e. The molecule has 1 N–H and O–H groups in total. The highest BCUT2D eigenvalue weighted by atomic mass is 35.5. The molecule has 7 heteroatoms. The Morgan fingerprint density at radius 1 is 1.17 bits per heavy atom. The van der Waals surface area contributed by atoms with Crippen LogP contribution in [0.1, 0.15) is 27.4 Å². The number of carbonyl (C=O) groups excluding carboxylic acids is 1. The zero-order chi connectivity index (χ0) is 20.9. The van der Waals surface area contributed by atoms with Crippen molar-refractivity contribution in [1.82, 2.24) is 9.78 Å². The third kappa shape index (κ3) is 4.90. The molecule has 0 aliphatic rings. The third-order valence-corrected chi connectivity index (χ3v) is 4.91. The van der Waals surface area contributed by atoms with Crippen molar-refractivity contribution in [3.05, 3.63) is 101 Å². The fourth-order valence-corrected chi connectivity index (χ4v) is 3.08. The van der Waals surface area contributed by atoms with Gasteiger partial charge in [-0.3, -0.25) is 9.48 Å². The van der Waals surface area contributed by atoms with Gasteiger partial charge in [0.2, 0.25) is 0 Å². The Labute approximate surface area is 179 Å². The summed E-state index contributed by atoms with van der Waals surface area (Å²) in [6, 6.07) is 18.3. The van der Waals surface area contributed by atoms with E-state index in [1.165, 1.54) is 0 Å². The van der Waals surface area contributed by atoms with Gasteiger partial charge in [-0.1, -0.05) is 23.7 Å². The van der Waals surface area contributed by atoms with Gasteiger partial charge in [-0.25, -0.2) is 0 Å². The standard InChI is InChI=1S/C23H20ClN3O3/c1-16-12-19(6-8-21(16)24)29-15-20-7-9-22(30-20)23(28)26-18-5-2-4-17(13-18)14-27-11-3-10-25-27/h2-13H,14-15H2,1H3,(H,26,28). The van der Waals surface area contributed by atoms with Gasteiger partial charge in [-0.05, 0) is 66.6 Å². The summed E-state index contributed by atoms with van der Waals surface area (Å²) in [5.41, 5.74) is 2.65. The van der Waals surface area contributed by atoms with Crippen LogP contribution in [0.25, 0.3) is 0 Å². The van der Waals surface area contributed by atoms with E-state index in [9.17, 15) is 4.79 Å². The van der Waals surface area contributed by atoms with Crippen molar-refractivity contribution in [1.29, 1.82) is 0 Å². The molecule has 4 rings (SSSR count). The van der Waals surface area contributed by atoms with E-state index in [0.717, 1.165) is 11.1 Å². The molecule has 0 aliphatic heterocycles. The molecular weight excluding hydrogens is 402 g/mol. The van der Waals surface area contributed by atoms with Crippen molar-refractivity contribution in [3.8, 4) is 5.75 Å².